The van der Waals surface area contributed by atoms with E-state index in [1.165, 1.54) is 15.9 Å². The van der Waals surface area contributed by atoms with Gasteiger partial charge in [0.05, 0.1) is 35.6 Å². The van der Waals surface area contributed by atoms with Gasteiger partial charge < -0.3 is 13.9 Å². The number of hydrogen-bond donors (Lipinski definition) is 0. The van der Waals surface area contributed by atoms with E-state index < -0.39 is 5.76 Å². The Kier molecular flexibility index (Phi) is 7.12. The Morgan fingerprint density at radius 3 is 2.86 bits per heavy atom. The van der Waals surface area contributed by atoms with Crippen LogP contribution in [-0.4, -0.2) is 66.4 Å². The summed E-state index contributed by atoms with van der Waals surface area (Å²) in [4.78, 5) is 34.8. The van der Waals surface area contributed by atoms with Crippen molar-refractivity contribution in [3.63, 3.8) is 0 Å². The molecule has 10 heteroatoms. The molecular weight excluding hydrogens is 468 g/mol. The van der Waals surface area contributed by atoms with Gasteiger partial charge in [0.2, 0.25) is 5.91 Å². The molecule has 5 rings (SSSR count). The fourth-order valence-corrected chi connectivity index (χ4v) is 5.29. The molecule has 1 aliphatic rings. The molecule has 0 saturated carbocycles. The highest BCUT2D eigenvalue weighted by Crippen LogP contribution is 2.32. The number of benzene rings is 2. The van der Waals surface area contributed by atoms with Crippen LogP contribution in [0, 0.1) is 0 Å². The van der Waals surface area contributed by atoms with Crippen molar-refractivity contribution in [3.8, 4) is 5.75 Å². The van der Waals surface area contributed by atoms with E-state index in [4.69, 9.17) is 18.9 Å². The molecule has 0 radical (unpaired) electrons. The number of rotatable bonds is 9. The second-order valence-corrected chi connectivity index (χ2v) is 9.34. The Balaban J connectivity index is 1.40. The number of aromatic nitrogens is 2. The Bertz CT molecular complexity index is 1370. The van der Waals surface area contributed by atoms with E-state index in [1.807, 2.05) is 31.2 Å². The third kappa shape index (κ3) is 5.24. The Labute approximate surface area is 206 Å². The maximum atomic E-state index is 13.6. The molecule has 0 N–H and O–H groups in total. The molecule has 0 unspecified atom stereocenters. The average Bonchev–Trinajstić information content (AvgIpc) is 3.43. The zero-order valence-corrected chi connectivity index (χ0v) is 20.5. The number of anilines is 1. The smallest absolute Gasteiger partial charge is 0.420 e. The van der Waals surface area contributed by atoms with Crippen LogP contribution in [0.5, 0.6) is 5.75 Å². The fourth-order valence-electron chi connectivity index (χ4n) is 4.25. The molecule has 4 aromatic rings. The van der Waals surface area contributed by atoms with Gasteiger partial charge in [0.25, 0.3) is 0 Å². The molecule has 0 bridgehead atoms. The van der Waals surface area contributed by atoms with Crippen LogP contribution in [0.4, 0.5) is 5.13 Å². The number of morpholine rings is 1. The van der Waals surface area contributed by atoms with Crippen LogP contribution in [0.3, 0.4) is 0 Å². The van der Waals surface area contributed by atoms with Crippen molar-refractivity contribution in [2.24, 2.45) is 0 Å². The summed E-state index contributed by atoms with van der Waals surface area (Å²) in [6.45, 7) is 7.03. The molecule has 3 heterocycles. The van der Waals surface area contributed by atoms with Crippen molar-refractivity contribution in [2.45, 2.75) is 19.9 Å². The van der Waals surface area contributed by atoms with Crippen LogP contribution in [0.15, 0.2) is 51.7 Å². The van der Waals surface area contributed by atoms with Crippen LogP contribution in [0.2, 0.25) is 0 Å². The molecule has 0 aliphatic carbocycles. The number of carbonyl (C=O) groups excluding carboxylic acids is 1. The molecule has 9 nitrogen and oxygen atoms in total. The first-order valence-corrected chi connectivity index (χ1v) is 12.7. The van der Waals surface area contributed by atoms with E-state index in [1.54, 1.807) is 23.1 Å². The van der Waals surface area contributed by atoms with Crippen molar-refractivity contribution >= 4 is 43.7 Å². The third-order valence-electron chi connectivity index (χ3n) is 6.02. The number of para-hydroxylation sites is 2. The summed E-state index contributed by atoms with van der Waals surface area (Å²) in [5.74, 6) is 0.0278. The SMILES string of the molecule is CCOc1ccc2nc(N(CCCN3CCOCC3)C(=O)Cn3c(=O)oc4ccccc43)sc2c1. The molecule has 1 aliphatic heterocycles. The predicted octanol–water partition coefficient (Wildman–Crippen LogP) is 3.36. The first-order valence-electron chi connectivity index (χ1n) is 11.8. The van der Waals surface area contributed by atoms with Crippen molar-refractivity contribution in [1.82, 2.24) is 14.5 Å². The van der Waals surface area contributed by atoms with E-state index in [2.05, 4.69) is 4.90 Å². The molecule has 184 valence electrons. The lowest BCUT2D eigenvalue weighted by Crippen LogP contribution is -2.40. The second-order valence-electron chi connectivity index (χ2n) is 8.33. The van der Waals surface area contributed by atoms with Crippen molar-refractivity contribution in [1.29, 1.82) is 0 Å². The van der Waals surface area contributed by atoms with Crippen LogP contribution in [0.1, 0.15) is 13.3 Å². The number of oxazole rings is 1. The summed E-state index contributed by atoms with van der Waals surface area (Å²) in [6, 6.07) is 12.9. The number of fused-ring (bicyclic) bond motifs is 2. The lowest BCUT2D eigenvalue weighted by molar-refractivity contribution is -0.119. The van der Waals surface area contributed by atoms with Gasteiger partial charge in [-0.3, -0.25) is 19.2 Å². The van der Waals surface area contributed by atoms with Gasteiger partial charge >= 0.3 is 5.76 Å². The minimum atomic E-state index is -0.543. The van der Waals surface area contributed by atoms with Gasteiger partial charge in [-0.15, -0.1) is 0 Å². The summed E-state index contributed by atoms with van der Waals surface area (Å²) >= 11 is 1.45. The van der Waals surface area contributed by atoms with Crippen LogP contribution >= 0.6 is 11.3 Å². The Morgan fingerprint density at radius 1 is 1.20 bits per heavy atom. The average molecular weight is 497 g/mol. The van der Waals surface area contributed by atoms with Crippen molar-refractivity contribution in [3.05, 3.63) is 53.0 Å². The van der Waals surface area contributed by atoms with Gasteiger partial charge in [0, 0.05) is 26.2 Å². The first-order chi connectivity index (χ1) is 17.1. The number of carbonyl (C=O) groups is 1. The Hall–Kier alpha value is -3.21. The van der Waals surface area contributed by atoms with Gasteiger partial charge in [-0.2, -0.15) is 0 Å². The summed E-state index contributed by atoms with van der Waals surface area (Å²) in [5.41, 5.74) is 1.88. The minimum absolute atomic E-state index is 0.118. The van der Waals surface area contributed by atoms with Crippen molar-refractivity contribution < 1.29 is 18.7 Å². The van der Waals surface area contributed by atoms with Gasteiger partial charge in [0.1, 0.15) is 12.3 Å². The normalized spacial score (nSPS) is 14.5. The van der Waals surface area contributed by atoms with Crippen LogP contribution in [0.25, 0.3) is 21.3 Å². The third-order valence-corrected chi connectivity index (χ3v) is 7.06. The van der Waals surface area contributed by atoms with E-state index in [-0.39, 0.29) is 12.5 Å². The van der Waals surface area contributed by atoms with E-state index >= 15 is 0 Å². The molecule has 1 amide bonds. The van der Waals surface area contributed by atoms with Crippen LogP contribution < -0.4 is 15.4 Å². The van der Waals surface area contributed by atoms with Gasteiger partial charge in [0.15, 0.2) is 10.7 Å². The standard InChI is InChI=1S/C25H28N4O5S/c1-2-33-18-8-9-19-22(16-18)35-24(26-19)28(11-5-10-27-12-14-32-15-13-27)23(30)17-29-20-6-3-4-7-21(20)34-25(29)31/h3-4,6-9,16H,2,5,10-15,17H2,1H3. The minimum Gasteiger partial charge on any atom is -0.494 e. The molecule has 1 saturated heterocycles. The molecule has 2 aromatic heterocycles. The van der Waals surface area contributed by atoms with E-state index in [0.717, 1.165) is 55.2 Å². The number of nitrogens with zero attached hydrogens (tertiary/aromatic N) is 4. The highest BCUT2D eigenvalue weighted by molar-refractivity contribution is 7.22. The topological polar surface area (TPSA) is 90.0 Å². The molecule has 0 spiro atoms. The molecule has 0 atom stereocenters. The molecule has 35 heavy (non-hydrogen) atoms. The summed E-state index contributed by atoms with van der Waals surface area (Å²) in [6.07, 6.45) is 0.785. The maximum Gasteiger partial charge on any atom is 0.420 e. The number of hydrogen-bond acceptors (Lipinski definition) is 8. The number of ether oxygens (including phenoxy) is 2. The number of thiazole rings is 1. The lowest BCUT2D eigenvalue weighted by atomic mass is 10.3. The Morgan fingerprint density at radius 2 is 2.03 bits per heavy atom. The van der Waals surface area contributed by atoms with E-state index in [0.29, 0.717) is 29.4 Å². The highest BCUT2D eigenvalue weighted by atomic mass is 32.1. The van der Waals surface area contributed by atoms with Gasteiger partial charge in [-0.25, -0.2) is 9.78 Å². The zero-order chi connectivity index (χ0) is 24.2. The lowest BCUT2D eigenvalue weighted by Gasteiger charge is -2.27. The maximum absolute atomic E-state index is 13.6. The first kappa shape index (κ1) is 23.5. The number of amides is 1. The molecular formula is C25H28N4O5S. The second kappa shape index (κ2) is 10.6. The summed E-state index contributed by atoms with van der Waals surface area (Å²) in [5, 5.41) is 0.612. The van der Waals surface area contributed by atoms with E-state index in [9.17, 15) is 9.59 Å². The zero-order valence-electron chi connectivity index (χ0n) is 19.6. The van der Waals surface area contributed by atoms with Crippen LogP contribution in [-0.2, 0) is 16.1 Å². The summed E-state index contributed by atoms with van der Waals surface area (Å²) < 4.78 is 18.7. The molecule has 1 fully saturated rings. The fraction of sp³-hybridized carbons (Fsp3) is 0.400. The molecule has 2 aromatic carbocycles. The summed E-state index contributed by atoms with van der Waals surface area (Å²) in [7, 11) is 0. The highest BCUT2D eigenvalue weighted by Gasteiger charge is 2.23. The predicted molar refractivity (Wildman–Crippen MR) is 135 cm³/mol. The largest absolute Gasteiger partial charge is 0.494 e. The monoisotopic (exact) mass is 496 g/mol. The van der Waals surface area contributed by atoms with Gasteiger partial charge in [-0.05, 0) is 43.7 Å². The van der Waals surface area contributed by atoms with Gasteiger partial charge in [-0.1, -0.05) is 23.5 Å². The van der Waals surface area contributed by atoms with Crippen molar-refractivity contribution in [2.75, 3.05) is 50.9 Å². The quantitative estimate of drug-likeness (QED) is 0.351.